The van der Waals surface area contributed by atoms with Gasteiger partial charge in [-0.05, 0) is 18.6 Å². The van der Waals surface area contributed by atoms with Crippen molar-refractivity contribution in [3.8, 4) is 0 Å². The zero-order valence-corrected chi connectivity index (χ0v) is 13.5. The first-order chi connectivity index (χ1) is 7.81. The van der Waals surface area contributed by atoms with Crippen LogP contribution < -0.4 is 34.3 Å². The van der Waals surface area contributed by atoms with E-state index in [1.807, 2.05) is 0 Å². The van der Waals surface area contributed by atoms with E-state index in [9.17, 15) is 21.4 Å². The van der Waals surface area contributed by atoms with Gasteiger partial charge >= 0.3 is 29.6 Å². The van der Waals surface area contributed by atoms with Gasteiger partial charge in [0.2, 0.25) is 10.0 Å². The molecule has 1 N–H and O–H groups in total. The van der Waals surface area contributed by atoms with Gasteiger partial charge in [-0.3, -0.25) is 0 Å². The van der Waals surface area contributed by atoms with E-state index in [4.69, 9.17) is 0 Å². The molecule has 0 atom stereocenters. The fourth-order valence-electron chi connectivity index (χ4n) is 1.14. The second-order valence-electron chi connectivity index (χ2n) is 3.33. The van der Waals surface area contributed by atoms with E-state index in [1.54, 1.807) is 18.2 Å². The Morgan fingerprint density at radius 1 is 1.06 bits per heavy atom. The molecule has 0 aliphatic rings. The number of hydrogen-bond acceptors (Lipinski definition) is 5. The second kappa shape index (κ2) is 7.59. The minimum atomic E-state index is -4.29. The smallest absolute Gasteiger partial charge is 0.748 e. The molecule has 1 rings (SSSR count). The van der Waals surface area contributed by atoms with Gasteiger partial charge in [0.15, 0.2) is 0 Å². The zero-order chi connectivity index (χ0) is 12.9. The zero-order valence-electron chi connectivity index (χ0n) is 9.87. The van der Waals surface area contributed by atoms with Crippen molar-refractivity contribution < 1.29 is 50.9 Å². The van der Waals surface area contributed by atoms with Crippen molar-refractivity contribution in [3.05, 3.63) is 30.3 Å². The van der Waals surface area contributed by atoms with Crippen LogP contribution in [0.25, 0.3) is 0 Å². The third-order valence-corrected chi connectivity index (χ3v) is 4.18. The maximum absolute atomic E-state index is 11.6. The molecule has 9 heteroatoms. The Morgan fingerprint density at radius 2 is 1.61 bits per heavy atom. The molecule has 18 heavy (non-hydrogen) atoms. The fourth-order valence-corrected chi connectivity index (χ4v) is 2.73. The molecular formula is C9H12NNaO5S2. The molecule has 0 aromatic heterocycles. The van der Waals surface area contributed by atoms with Crippen molar-refractivity contribution in [2.75, 3.05) is 12.3 Å². The Balaban J connectivity index is 0.00000289. The van der Waals surface area contributed by atoms with E-state index in [1.165, 1.54) is 12.1 Å². The predicted octanol–water partition coefficient (Wildman–Crippen LogP) is -3.10. The van der Waals surface area contributed by atoms with Crippen LogP contribution in [0.15, 0.2) is 35.2 Å². The molecular weight excluding hydrogens is 289 g/mol. The van der Waals surface area contributed by atoms with Crippen molar-refractivity contribution in [2.45, 2.75) is 11.3 Å². The summed E-state index contributed by atoms with van der Waals surface area (Å²) in [6.07, 6.45) is -0.0438. The Labute approximate surface area is 129 Å². The quantitative estimate of drug-likeness (QED) is 0.341. The molecule has 0 unspecified atom stereocenters. The van der Waals surface area contributed by atoms with Gasteiger partial charge in [0.1, 0.15) is 0 Å². The Bertz CT molecular complexity index is 556. The Hall–Kier alpha value is 0.0400. The van der Waals surface area contributed by atoms with E-state index in [-0.39, 0.29) is 47.4 Å². The molecule has 96 valence electrons. The van der Waals surface area contributed by atoms with E-state index in [0.717, 1.165) is 0 Å². The molecule has 0 radical (unpaired) electrons. The van der Waals surface area contributed by atoms with Gasteiger partial charge in [-0.15, -0.1) is 0 Å². The van der Waals surface area contributed by atoms with Crippen LogP contribution in [0.1, 0.15) is 6.42 Å². The van der Waals surface area contributed by atoms with E-state index < -0.39 is 25.9 Å². The SMILES string of the molecule is O=S(=O)([O-])CCCNS(=O)(=O)c1ccccc1.[Na+]. The van der Waals surface area contributed by atoms with Crippen LogP contribution in [0.3, 0.4) is 0 Å². The molecule has 0 saturated heterocycles. The molecule has 0 heterocycles. The molecule has 0 saturated carbocycles. The largest absolute Gasteiger partial charge is 1.00 e. The average Bonchev–Trinajstić information content (AvgIpc) is 2.25. The van der Waals surface area contributed by atoms with Gasteiger partial charge in [-0.25, -0.2) is 21.6 Å². The maximum atomic E-state index is 11.6. The van der Waals surface area contributed by atoms with Gasteiger partial charge in [0, 0.05) is 12.3 Å². The Kier molecular flexibility index (Phi) is 7.60. The molecule has 0 amide bonds. The third-order valence-electron chi connectivity index (χ3n) is 1.92. The summed E-state index contributed by atoms with van der Waals surface area (Å²) in [7, 11) is -7.92. The first-order valence-corrected chi connectivity index (χ1v) is 7.86. The summed E-state index contributed by atoms with van der Waals surface area (Å²) >= 11 is 0. The van der Waals surface area contributed by atoms with Gasteiger partial charge < -0.3 is 4.55 Å². The second-order valence-corrected chi connectivity index (χ2v) is 6.62. The number of hydrogen-bond donors (Lipinski definition) is 1. The van der Waals surface area contributed by atoms with Crippen LogP contribution in [0.2, 0.25) is 0 Å². The molecule has 0 spiro atoms. The topological polar surface area (TPSA) is 103 Å². The molecule has 0 aliphatic heterocycles. The minimum Gasteiger partial charge on any atom is -0.748 e. The van der Waals surface area contributed by atoms with E-state index in [2.05, 4.69) is 4.72 Å². The number of benzene rings is 1. The molecule has 0 aliphatic carbocycles. The molecule has 6 nitrogen and oxygen atoms in total. The Morgan fingerprint density at radius 3 is 2.11 bits per heavy atom. The summed E-state index contributed by atoms with van der Waals surface area (Å²) in [6, 6.07) is 7.69. The standard InChI is InChI=1S/C9H13NO5S2.Na/c11-16(12,13)8-4-7-10-17(14,15)9-5-2-1-3-6-9;/h1-3,5-6,10H,4,7-8H2,(H,11,12,13);/q;+1/p-1. The van der Waals surface area contributed by atoms with Crippen molar-refractivity contribution in [2.24, 2.45) is 0 Å². The van der Waals surface area contributed by atoms with Crippen LogP contribution in [-0.2, 0) is 20.1 Å². The summed E-state index contributed by atoms with van der Waals surface area (Å²) in [5.41, 5.74) is 0. The van der Waals surface area contributed by atoms with Crippen molar-refractivity contribution >= 4 is 20.1 Å². The molecule has 0 bridgehead atoms. The fraction of sp³-hybridized carbons (Fsp3) is 0.333. The summed E-state index contributed by atoms with van der Waals surface area (Å²) in [5, 5.41) is 0. The van der Waals surface area contributed by atoms with Gasteiger partial charge in [-0.2, -0.15) is 0 Å². The van der Waals surface area contributed by atoms with Gasteiger partial charge in [0.05, 0.1) is 15.0 Å². The van der Waals surface area contributed by atoms with Crippen LogP contribution in [0.4, 0.5) is 0 Å². The van der Waals surface area contributed by atoms with Crippen molar-refractivity contribution in [1.82, 2.24) is 4.72 Å². The summed E-state index contributed by atoms with van der Waals surface area (Å²) in [4.78, 5) is 0.102. The first-order valence-electron chi connectivity index (χ1n) is 4.79. The normalized spacial score (nSPS) is 11.8. The van der Waals surface area contributed by atoms with Crippen LogP contribution in [0, 0.1) is 0 Å². The van der Waals surface area contributed by atoms with E-state index >= 15 is 0 Å². The molecule has 1 aromatic carbocycles. The maximum Gasteiger partial charge on any atom is 1.00 e. The summed E-state index contributed by atoms with van der Waals surface area (Å²) in [6.45, 7) is -0.0846. The van der Waals surface area contributed by atoms with Crippen molar-refractivity contribution in [1.29, 1.82) is 0 Å². The van der Waals surface area contributed by atoms with Crippen LogP contribution in [0.5, 0.6) is 0 Å². The summed E-state index contributed by atoms with van der Waals surface area (Å²) in [5.74, 6) is -0.579. The van der Waals surface area contributed by atoms with Crippen molar-refractivity contribution in [3.63, 3.8) is 0 Å². The molecule has 0 fully saturated rings. The van der Waals surface area contributed by atoms with Crippen LogP contribution >= 0.6 is 0 Å². The van der Waals surface area contributed by atoms with Gasteiger partial charge in [-0.1, -0.05) is 18.2 Å². The first kappa shape index (κ1) is 18.0. The number of nitrogens with one attached hydrogen (secondary N) is 1. The third kappa shape index (κ3) is 6.83. The average molecular weight is 301 g/mol. The van der Waals surface area contributed by atoms with Crippen LogP contribution in [-0.4, -0.2) is 33.7 Å². The minimum absolute atomic E-state index is 0. The monoisotopic (exact) mass is 301 g/mol. The van der Waals surface area contributed by atoms with E-state index in [0.29, 0.717) is 0 Å². The number of sulfonamides is 1. The number of rotatable bonds is 6. The summed E-state index contributed by atoms with van der Waals surface area (Å²) < 4.78 is 56.3. The van der Waals surface area contributed by atoms with Gasteiger partial charge in [0.25, 0.3) is 0 Å². The molecule has 1 aromatic rings. The predicted molar refractivity (Wildman–Crippen MR) is 60.8 cm³/mol.